The number of alkyl halides is 3. The predicted molar refractivity (Wildman–Crippen MR) is 74.4 cm³/mol. The Morgan fingerprint density at radius 2 is 1.84 bits per heavy atom. The lowest BCUT2D eigenvalue weighted by atomic mass is 9.79. The van der Waals surface area contributed by atoms with Crippen LogP contribution in [-0.2, 0) is 4.74 Å². The van der Waals surface area contributed by atoms with E-state index in [2.05, 4.69) is 9.47 Å². The Hall–Kier alpha value is -2.92. The van der Waals surface area contributed by atoms with Crippen LogP contribution in [-0.4, -0.2) is 28.8 Å². The number of carbonyl (C=O) groups excluding carboxylic acids is 1. The Morgan fingerprint density at radius 1 is 1.20 bits per heavy atom. The molecule has 1 aliphatic rings. The molecule has 0 bridgehead atoms. The van der Waals surface area contributed by atoms with Gasteiger partial charge in [0.25, 0.3) is 5.69 Å². The van der Waals surface area contributed by atoms with Gasteiger partial charge in [0.05, 0.1) is 15.9 Å². The quantitative estimate of drug-likeness (QED) is 0.336. The second kappa shape index (κ2) is 6.91. The molecule has 0 saturated heterocycles. The minimum atomic E-state index is -4.79. The van der Waals surface area contributed by atoms with Crippen molar-refractivity contribution < 1.29 is 37.3 Å². The third-order valence-electron chi connectivity index (χ3n) is 3.57. The average Bonchev–Trinajstić information content (AvgIpc) is 2.43. The molecule has 1 aromatic rings. The first kappa shape index (κ1) is 18.4. The molecule has 0 amide bonds. The highest BCUT2D eigenvalue weighted by Gasteiger charge is 2.35. The molecule has 0 aromatic heterocycles. The maximum absolute atomic E-state index is 12.1. The normalized spacial score (nSPS) is 14.5. The summed E-state index contributed by atoms with van der Waals surface area (Å²) in [5, 5.41) is 22.1. The van der Waals surface area contributed by atoms with E-state index in [1.165, 1.54) is 0 Å². The molecule has 12 heteroatoms. The molecular weight excluding hydrogens is 353 g/mol. The number of benzene rings is 1. The molecule has 9 nitrogen and oxygen atoms in total. The molecule has 1 aromatic carbocycles. The number of nitro groups is 2. The van der Waals surface area contributed by atoms with Crippen LogP contribution in [0.25, 0.3) is 0 Å². The zero-order valence-electron chi connectivity index (χ0n) is 12.4. The van der Waals surface area contributed by atoms with E-state index in [0.717, 1.165) is 12.5 Å². The van der Waals surface area contributed by atoms with Crippen molar-refractivity contribution in [2.75, 3.05) is 6.61 Å². The summed E-state index contributed by atoms with van der Waals surface area (Å²) in [4.78, 5) is 31.7. The fourth-order valence-corrected chi connectivity index (χ4v) is 2.25. The van der Waals surface area contributed by atoms with Gasteiger partial charge in [0, 0.05) is 11.6 Å². The molecular formula is C13H11F3N2O7. The van der Waals surface area contributed by atoms with Gasteiger partial charge in [-0.1, -0.05) is 6.42 Å². The van der Waals surface area contributed by atoms with Gasteiger partial charge in [-0.25, -0.2) is 4.79 Å². The van der Waals surface area contributed by atoms with Gasteiger partial charge < -0.3 is 9.47 Å². The molecule has 0 unspecified atom stereocenters. The van der Waals surface area contributed by atoms with E-state index >= 15 is 0 Å². The lowest BCUT2D eigenvalue weighted by Crippen LogP contribution is -2.23. The highest BCUT2D eigenvalue weighted by molar-refractivity contribution is 5.70. The molecule has 2 rings (SSSR count). The Labute approximate surface area is 137 Å². The first-order valence-corrected chi connectivity index (χ1v) is 6.96. The molecule has 1 aliphatic carbocycles. The standard InChI is InChI=1S/C13H11F3N2O7/c14-13(15,16)6-24-12(19)25-11-9(7-2-1-3-7)4-8(17(20)21)5-10(11)18(22)23/h4-5,7H,1-3,6H2. The van der Waals surface area contributed by atoms with Gasteiger partial charge in [-0.2, -0.15) is 13.2 Å². The predicted octanol–water partition coefficient (Wildman–Crippen LogP) is 3.85. The monoisotopic (exact) mass is 364 g/mol. The van der Waals surface area contributed by atoms with Crippen LogP contribution in [0.15, 0.2) is 12.1 Å². The molecule has 136 valence electrons. The Morgan fingerprint density at radius 3 is 2.28 bits per heavy atom. The van der Waals surface area contributed by atoms with Crippen LogP contribution in [0, 0.1) is 20.2 Å². The third kappa shape index (κ3) is 4.55. The summed E-state index contributed by atoms with van der Waals surface area (Å²) in [6, 6.07) is 1.59. The van der Waals surface area contributed by atoms with Gasteiger partial charge >= 0.3 is 18.0 Å². The van der Waals surface area contributed by atoms with Crippen molar-refractivity contribution in [1.29, 1.82) is 0 Å². The molecule has 0 heterocycles. The van der Waals surface area contributed by atoms with E-state index in [0.29, 0.717) is 18.9 Å². The van der Waals surface area contributed by atoms with Crippen molar-refractivity contribution in [3.05, 3.63) is 37.9 Å². The first-order chi connectivity index (χ1) is 11.6. The summed E-state index contributed by atoms with van der Waals surface area (Å²) < 4.78 is 44.6. The van der Waals surface area contributed by atoms with Crippen molar-refractivity contribution >= 4 is 17.5 Å². The summed E-state index contributed by atoms with van der Waals surface area (Å²) in [7, 11) is 0. The SMILES string of the molecule is O=C(OCC(F)(F)F)Oc1c(C2CCC2)cc([N+](=O)[O-])cc1[N+](=O)[O-]. The highest BCUT2D eigenvalue weighted by atomic mass is 19.4. The van der Waals surface area contributed by atoms with E-state index in [-0.39, 0.29) is 11.5 Å². The second-order valence-corrected chi connectivity index (χ2v) is 5.28. The summed E-state index contributed by atoms with van der Waals surface area (Å²) in [6.45, 7) is -1.93. The number of non-ortho nitro benzene ring substituents is 1. The van der Waals surface area contributed by atoms with E-state index in [4.69, 9.17) is 0 Å². The number of hydrogen-bond donors (Lipinski definition) is 0. The smallest absolute Gasteiger partial charge is 0.424 e. The van der Waals surface area contributed by atoms with Crippen LogP contribution >= 0.6 is 0 Å². The zero-order chi connectivity index (χ0) is 18.8. The number of carbonyl (C=O) groups is 1. The summed E-state index contributed by atoms with van der Waals surface area (Å²) in [5.41, 5.74) is -1.44. The number of ether oxygens (including phenoxy) is 2. The molecule has 0 N–H and O–H groups in total. The van der Waals surface area contributed by atoms with E-state index < -0.39 is 45.9 Å². The van der Waals surface area contributed by atoms with Crippen LogP contribution < -0.4 is 4.74 Å². The minimum Gasteiger partial charge on any atom is -0.424 e. The van der Waals surface area contributed by atoms with Gasteiger partial charge in [-0.05, 0) is 18.8 Å². The number of nitrogens with zero attached hydrogens (tertiary/aromatic N) is 2. The Bertz CT molecular complexity index is 716. The van der Waals surface area contributed by atoms with Crippen LogP contribution in [0.1, 0.15) is 30.7 Å². The van der Waals surface area contributed by atoms with Crippen molar-refractivity contribution in [3.8, 4) is 5.75 Å². The fraction of sp³-hybridized carbons (Fsp3) is 0.462. The summed E-state index contributed by atoms with van der Waals surface area (Å²) >= 11 is 0. The number of rotatable bonds is 5. The largest absolute Gasteiger partial charge is 0.514 e. The first-order valence-electron chi connectivity index (χ1n) is 6.96. The molecule has 25 heavy (non-hydrogen) atoms. The van der Waals surface area contributed by atoms with Crippen LogP contribution in [0.2, 0.25) is 0 Å². The lowest BCUT2D eigenvalue weighted by Gasteiger charge is -2.26. The van der Waals surface area contributed by atoms with Crippen LogP contribution in [0.3, 0.4) is 0 Å². The molecule has 0 spiro atoms. The van der Waals surface area contributed by atoms with Crippen molar-refractivity contribution in [2.45, 2.75) is 31.4 Å². The molecule has 0 aliphatic heterocycles. The molecule has 0 radical (unpaired) electrons. The topological polar surface area (TPSA) is 122 Å². The lowest BCUT2D eigenvalue weighted by molar-refractivity contribution is -0.394. The van der Waals surface area contributed by atoms with E-state index in [9.17, 15) is 38.2 Å². The van der Waals surface area contributed by atoms with Gasteiger partial charge in [0.2, 0.25) is 5.75 Å². The molecule has 0 atom stereocenters. The third-order valence-corrected chi connectivity index (χ3v) is 3.57. The van der Waals surface area contributed by atoms with Gasteiger partial charge in [0.1, 0.15) is 0 Å². The van der Waals surface area contributed by atoms with Gasteiger partial charge in [-0.15, -0.1) is 0 Å². The maximum Gasteiger partial charge on any atom is 0.514 e. The zero-order valence-corrected chi connectivity index (χ0v) is 12.4. The highest BCUT2D eigenvalue weighted by Crippen LogP contribution is 2.46. The Kier molecular flexibility index (Phi) is 5.09. The van der Waals surface area contributed by atoms with Crippen LogP contribution in [0.4, 0.5) is 29.3 Å². The minimum absolute atomic E-state index is 0.0242. The molecule has 1 saturated carbocycles. The molecule has 1 fully saturated rings. The van der Waals surface area contributed by atoms with Gasteiger partial charge in [-0.3, -0.25) is 20.2 Å². The summed E-state index contributed by atoms with van der Waals surface area (Å²) in [5.74, 6) is -0.962. The van der Waals surface area contributed by atoms with E-state index in [1.807, 2.05) is 0 Å². The van der Waals surface area contributed by atoms with Gasteiger partial charge in [0.15, 0.2) is 6.61 Å². The van der Waals surface area contributed by atoms with Crippen molar-refractivity contribution in [2.24, 2.45) is 0 Å². The average molecular weight is 364 g/mol. The second-order valence-electron chi connectivity index (χ2n) is 5.28. The van der Waals surface area contributed by atoms with Crippen molar-refractivity contribution in [1.82, 2.24) is 0 Å². The van der Waals surface area contributed by atoms with Crippen LogP contribution in [0.5, 0.6) is 5.75 Å². The maximum atomic E-state index is 12.1. The number of halogens is 3. The van der Waals surface area contributed by atoms with Crippen molar-refractivity contribution in [3.63, 3.8) is 0 Å². The van der Waals surface area contributed by atoms with E-state index in [1.54, 1.807) is 0 Å². The summed E-state index contributed by atoms with van der Waals surface area (Å²) in [6.07, 6.45) is -4.72. The number of hydrogen-bond acceptors (Lipinski definition) is 7. The number of nitro benzene ring substituents is 2. The Balaban J connectivity index is 2.38. The fourth-order valence-electron chi connectivity index (χ4n) is 2.25.